The molecule has 1 N–H and O–H groups in total. The largest absolute Gasteiger partial charge is 0.318 e. The first kappa shape index (κ1) is 21.2. The standard InChI is InChI=1S/C24H18FN5OS/c1-15-12-18(16(2)30(15)21-10-8-20(25)9-11-21)13-19(14-26)22(31)27-24-29-28-23(32-24)17-6-4-3-5-7-17/h3-13H,1-2H3,(H,27,29,31)/b19-13-. The minimum atomic E-state index is -0.560. The highest BCUT2D eigenvalue weighted by atomic mass is 32.1. The minimum Gasteiger partial charge on any atom is -0.318 e. The van der Waals surface area contributed by atoms with Crippen molar-refractivity contribution >= 4 is 28.5 Å². The number of benzene rings is 2. The molecular weight excluding hydrogens is 425 g/mol. The Kier molecular flexibility index (Phi) is 5.92. The number of nitrogens with one attached hydrogen (secondary N) is 1. The van der Waals surface area contributed by atoms with Crippen LogP contribution in [0, 0.1) is 31.0 Å². The number of halogens is 1. The van der Waals surface area contributed by atoms with Gasteiger partial charge in [0.25, 0.3) is 5.91 Å². The predicted molar refractivity (Wildman–Crippen MR) is 123 cm³/mol. The molecular formula is C24H18FN5OS. The van der Waals surface area contributed by atoms with Crippen molar-refractivity contribution in [3.05, 3.63) is 89.0 Å². The molecule has 0 atom stereocenters. The predicted octanol–water partition coefficient (Wildman–Crippen LogP) is 5.30. The van der Waals surface area contributed by atoms with E-state index in [4.69, 9.17) is 0 Å². The third-order valence-corrected chi connectivity index (χ3v) is 5.77. The Morgan fingerprint density at radius 1 is 1.12 bits per heavy atom. The number of carbonyl (C=O) groups is 1. The second-order valence-corrected chi connectivity index (χ2v) is 8.02. The molecule has 0 saturated heterocycles. The molecule has 32 heavy (non-hydrogen) atoms. The van der Waals surface area contributed by atoms with Crippen LogP contribution in [0.3, 0.4) is 0 Å². The van der Waals surface area contributed by atoms with Crippen LogP contribution in [0.25, 0.3) is 22.3 Å². The molecule has 2 heterocycles. The van der Waals surface area contributed by atoms with E-state index in [1.165, 1.54) is 29.5 Å². The lowest BCUT2D eigenvalue weighted by molar-refractivity contribution is -0.112. The molecule has 0 aliphatic heterocycles. The van der Waals surface area contributed by atoms with Crippen molar-refractivity contribution < 1.29 is 9.18 Å². The van der Waals surface area contributed by atoms with Gasteiger partial charge in [-0.05, 0) is 55.8 Å². The Balaban J connectivity index is 1.58. The Hall–Kier alpha value is -4.09. The Morgan fingerprint density at radius 2 is 1.84 bits per heavy atom. The van der Waals surface area contributed by atoms with E-state index >= 15 is 0 Å². The van der Waals surface area contributed by atoms with Gasteiger partial charge < -0.3 is 4.57 Å². The summed E-state index contributed by atoms with van der Waals surface area (Å²) in [5, 5.41) is 21.3. The Morgan fingerprint density at radius 3 is 2.53 bits per heavy atom. The summed E-state index contributed by atoms with van der Waals surface area (Å²) in [6.07, 6.45) is 1.54. The maximum Gasteiger partial charge on any atom is 0.268 e. The van der Waals surface area contributed by atoms with Crippen LogP contribution in [0.4, 0.5) is 9.52 Å². The van der Waals surface area contributed by atoms with E-state index < -0.39 is 5.91 Å². The number of carbonyl (C=O) groups excluding carboxylic acids is 1. The molecule has 2 aromatic heterocycles. The van der Waals surface area contributed by atoms with Gasteiger partial charge in [0.15, 0.2) is 0 Å². The van der Waals surface area contributed by atoms with Crippen molar-refractivity contribution in [2.75, 3.05) is 5.32 Å². The van der Waals surface area contributed by atoms with Crippen molar-refractivity contribution in [2.24, 2.45) is 0 Å². The number of hydrogen-bond acceptors (Lipinski definition) is 5. The van der Waals surface area contributed by atoms with Crippen LogP contribution < -0.4 is 5.32 Å². The van der Waals surface area contributed by atoms with Gasteiger partial charge in [-0.25, -0.2) is 4.39 Å². The zero-order chi connectivity index (χ0) is 22.7. The van der Waals surface area contributed by atoms with Gasteiger partial charge in [0.2, 0.25) is 5.13 Å². The summed E-state index contributed by atoms with van der Waals surface area (Å²) in [5.74, 6) is -0.873. The number of aryl methyl sites for hydroxylation is 1. The van der Waals surface area contributed by atoms with Crippen LogP contribution in [0.5, 0.6) is 0 Å². The average Bonchev–Trinajstić information content (AvgIpc) is 3.37. The number of anilines is 1. The van der Waals surface area contributed by atoms with E-state index in [0.29, 0.717) is 10.1 Å². The zero-order valence-electron chi connectivity index (χ0n) is 17.3. The number of hydrogen-bond donors (Lipinski definition) is 1. The van der Waals surface area contributed by atoms with Gasteiger partial charge in [0.1, 0.15) is 22.5 Å². The van der Waals surface area contributed by atoms with Gasteiger partial charge in [0, 0.05) is 22.6 Å². The zero-order valence-corrected chi connectivity index (χ0v) is 18.2. The molecule has 158 valence electrons. The van der Waals surface area contributed by atoms with Gasteiger partial charge in [-0.1, -0.05) is 41.7 Å². The summed E-state index contributed by atoms with van der Waals surface area (Å²) in [6, 6.07) is 19.5. The van der Waals surface area contributed by atoms with E-state index in [-0.39, 0.29) is 11.4 Å². The molecule has 4 rings (SSSR count). The third-order valence-electron chi connectivity index (χ3n) is 4.89. The Labute approximate surface area is 188 Å². The third kappa shape index (κ3) is 4.33. The molecule has 0 radical (unpaired) electrons. The molecule has 0 aliphatic rings. The first-order chi connectivity index (χ1) is 15.5. The van der Waals surface area contributed by atoms with Crippen molar-refractivity contribution in [3.8, 4) is 22.3 Å². The lowest BCUT2D eigenvalue weighted by Crippen LogP contribution is -2.13. The van der Waals surface area contributed by atoms with Crippen LogP contribution in [-0.2, 0) is 4.79 Å². The lowest BCUT2D eigenvalue weighted by atomic mass is 10.1. The van der Waals surface area contributed by atoms with Gasteiger partial charge in [-0.2, -0.15) is 5.26 Å². The highest BCUT2D eigenvalue weighted by Crippen LogP contribution is 2.27. The molecule has 1 amide bonds. The van der Waals surface area contributed by atoms with E-state index in [1.54, 1.807) is 12.1 Å². The molecule has 0 saturated carbocycles. The first-order valence-corrected chi connectivity index (χ1v) is 10.5. The maximum absolute atomic E-state index is 13.3. The van der Waals surface area contributed by atoms with Crippen LogP contribution in [0.15, 0.2) is 66.2 Å². The number of nitrogens with zero attached hydrogens (tertiary/aromatic N) is 4. The molecule has 0 spiro atoms. The second kappa shape index (κ2) is 8.96. The highest BCUT2D eigenvalue weighted by Gasteiger charge is 2.16. The summed E-state index contributed by atoms with van der Waals surface area (Å²) in [6.45, 7) is 3.79. The van der Waals surface area contributed by atoms with Gasteiger partial charge in [-0.15, -0.1) is 10.2 Å². The van der Waals surface area contributed by atoms with Gasteiger partial charge >= 0.3 is 0 Å². The summed E-state index contributed by atoms with van der Waals surface area (Å²) >= 11 is 1.23. The van der Waals surface area contributed by atoms with Crippen LogP contribution in [-0.4, -0.2) is 20.7 Å². The molecule has 6 nitrogen and oxygen atoms in total. The average molecular weight is 444 g/mol. The summed E-state index contributed by atoms with van der Waals surface area (Å²) < 4.78 is 15.2. The normalized spacial score (nSPS) is 11.2. The van der Waals surface area contributed by atoms with Crippen LogP contribution in [0.1, 0.15) is 17.0 Å². The van der Waals surface area contributed by atoms with Crippen LogP contribution >= 0.6 is 11.3 Å². The molecule has 0 bridgehead atoms. The molecule has 4 aromatic rings. The molecule has 0 unspecified atom stereocenters. The van der Waals surface area contributed by atoms with Crippen molar-refractivity contribution in [1.29, 1.82) is 5.26 Å². The van der Waals surface area contributed by atoms with E-state index in [2.05, 4.69) is 15.5 Å². The summed E-state index contributed by atoms with van der Waals surface area (Å²) in [7, 11) is 0. The van der Waals surface area contributed by atoms with E-state index in [1.807, 2.05) is 60.9 Å². The smallest absolute Gasteiger partial charge is 0.268 e. The molecule has 8 heteroatoms. The number of aromatic nitrogens is 3. The summed E-state index contributed by atoms with van der Waals surface area (Å²) in [5.41, 5.74) is 4.09. The fourth-order valence-corrected chi connectivity index (χ4v) is 4.11. The molecule has 0 fully saturated rings. The lowest BCUT2D eigenvalue weighted by Gasteiger charge is -2.09. The Bertz CT molecular complexity index is 1350. The quantitative estimate of drug-likeness (QED) is 0.335. The fourth-order valence-electron chi connectivity index (χ4n) is 3.36. The minimum absolute atomic E-state index is 0.0548. The van der Waals surface area contributed by atoms with Crippen LogP contribution in [0.2, 0.25) is 0 Å². The van der Waals surface area contributed by atoms with Crippen molar-refractivity contribution in [1.82, 2.24) is 14.8 Å². The SMILES string of the molecule is Cc1cc(/C=C(/C#N)C(=O)Nc2nnc(-c3ccccc3)s2)c(C)n1-c1ccc(F)cc1. The summed E-state index contributed by atoms with van der Waals surface area (Å²) in [4.78, 5) is 12.7. The number of nitriles is 1. The van der Waals surface area contributed by atoms with E-state index in [0.717, 1.165) is 28.2 Å². The molecule has 0 aliphatic carbocycles. The van der Waals surface area contributed by atoms with Crippen molar-refractivity contribution in [3.63, 3.8) is 0 Å². The highest BCUT2D eigenvalue weighted by molar-refractivity contribution is 7.18. The van der Waals surface area contributed by atoms with Gasteiger partial charge in [-0.3, -0.25) is 10.1 Å². The monoisotopic (exact) mass is 443 g/mol. The van der Waals surface area contributed by atoms with Crippen molar-refractivity contribution in [2.45, 2.75) is 13.8 Å². The van der Waals surface area contributed by atoms with E-state index in [9.17, 15) is 14.4 Å². The van der Waals surface area contributed by atoms with Gasteiger partial charge in [0.05, 0.1) is 0 Å². The topological polar surface area (TPSA) is 83.6 Å². The number of rotatable bonds is 5. The molecule has 2 aromatic carbocycles. The number of amides is 1. The first-order valence-electron chi connectivity index (χ1n) is 9.73. The second-order valence-electron chi connectivity index (χ2n) is 7.04. The fraction of sp³-hybridized carbons (Fsp3) is 0.0833. The maximum atomic E-state index is 13.3.